The van der Waals surface area contributed by atoms with Crippen molar-refractivity contribution in [3.8, 4) is 0 Å². The van der Waals surface area contributed by atoms with E-state index in [2.05, 4.69) is 15.2 Å². The van der Waals surface area contributed by atoms with Crippen molar-refractivity contribution in [3.63, 3.8) is 0 Å². The lowest BCUT2D eigenvalue weighted by Gasteiger charge is -2.28. The van der Waals surface area contributed by atoms with Crippen LogP contribution >= 0.6 is 11.3 Å². The van der Waals surface area contributed by atoms with Crippen LogP contribution in [-0.4, -0.2) is 66.0 Å². The smallest absolute Gasteiger partial charge is 0.264 e. The molecule has 2 amide bonds. The highest BCUT2D eigenvalue weighted by Gasteiger charge is 2.30. The van der Waals surface area contributed by atoms with E-state index >= 15 is 0 Å². The standard InChI is InChI=1S/C22H28N4O3S/c27-21(18-2-3-18)24-20-5-4-19(30-20)22(28)26(16-17-6-8-23-9-7-17)11-1-10-25-12-14-29-15-13-25/h4-9,18H,1-3,10-16H2,(H,24,27). The normalized spacial score (nSPS) is 16.9. The van der Waals surface area contributed by atoms with Crippen LogP contribution in [0.3, 0.4) is 0 Å². The molecule has 2 aromatic heterocycles. The maximum atomic E-state index is 13.3. The van der Waals surface area contributed by atoms with E-state index in [-0.39, 0.29) is 17.7 Å². The lowest BCUT2D eigenvalue weighted by Crippen LogP contribution is -2.39. The maximum absolute atomic E-state index is 13.3. The van der Waals surface area contributed by atoms with Gasteiger partial charge in [0, 0.05) is 51.0 Å². The fraction of sp³-hybridized carbons (Fsp3) is 0.500. The van der Waals surface area contributed by atoms with Crippen molar-refractivity contribution in [3.05, 3.63) is 47.1 Å². The highest BCUT2D eigenvalue weighted by atomic mass is 32.1. The first-order valence-corrected chi connectivity index (χ1v) is 11.4. The number of aromatic nitrogens is 1. The predicted molar refractivity (Wildman–Crippen MR) is 117 cm³/mol. The highest BCUT2D eigenvalue weighted by Crippen LogP contribution is 2.32. The summed E-state index contributed by atoms with van der Waals surface area (Å²) in [5.41, 5.74) is 1.06. The third-order valence-electron chi connectivity index (χ3n) is 5.43. The molecule has 3 heterocycles. The molecule has 0 radical (unpaired) electrons. The number of hydrogen-bond acceptors (Lipinski definition) is 6. The van der Waals surface area contributed by atoms with E-state index in [1.807, 2.05) is 29.2 Å². The van der Waals surface area contributed by atoms with Crippen LogP contribution in [-0.2, 0) is 16.1 Å². The first-order valence-electron chi connectivity index (χ1n) is 10.6. The first-order chi connectivity index (χ1) is 14.7. The highest BCUT2D eigenvalue weighted by molar-refractivity contribution is 7.18. The van der Waals surface area contributed by atoms with Crippen LogP contribution in [0.4, 0.5) is 5.00 Å². The monoisotopic (exact) mass is 428 g/mol. The molecule has 1 aliphatic heterocycles. The Bertz CT molecular complexity index is 847. The van der Waals surface area contributed by atoms with Crippen LogP contribution in [0.15, 0.2) is 36.7 Å². The van der Waals surface area contributed by atoms with Gasteiger partial charge < -0.3 is 15.0 Å². The van der Waals surface area contributed by atoms with Crippen LogP contribution in [0.2, 0.25) is 0 Å². The molecule has 2 aliphatic rings. The van der Waals surface area contributed by atoms with Crippen LogP contribution < -0.4 is 5.32 Å². The number of ether oxygens (including phenoxy) is 1. The van der Waals surface area contributed by atoms with Crippen molar-refractivity contribution in [1.29, 1.82) is 0 Å². The summed E-state index contributed by atoms with van der Waals surface area (Å²) in [5.74, 6) is 0.218. The Morgan fingerprint density at radius 1 is 1.17 bits per heavy atom. The van der Waals surface area contributed by atoms with E-state index in [1.54, 1.807) is 12.4 Å². The Balaban J connectivity index is 1.38. The zero-order chi connectivity index (χ0) is 20.8. The lowest BCUT2D eigenvalue weighted by atomic mass is 10.2. The minimum absolute atomic E-state index is 0.00529. The number of amides is 2. The summed E-state index contributed by atoms with van der Waals surface area (Å²) < 4.78 is 5.41. The number of carbonyl (C=O) groups excluding carboxylic acids is 2. The quantitative estimate of drug-likeness (QED) is 0.665. The molecule has 0 spiro atoms. The van der Waals surface area contributed by atoms with Gasteiger partial charge in [-0.1, -0.05) is 0 Å². The van der Waals surface area contributed by atoms with Crippen LogP contribution in [0, 0.1) is 5.92 Å². The van der Waals surface area contributed by atoms with Gasteiger partial charge in [0.15, 0.2) is 0 Å². The molecule has 1 N–H and O–H groups in total. The van der Waals surface area contributed by atoms with Gasteiger partial charge in [0.05, 0.1) is 23.1 Å². The Hall–Kier alpha value is -2.29. The predicted octanol–water partition coefficient (Wildman–Crippen LogP) is 2.86. The van der Waals surface area contributed by atoms with Gasteiger partial charge in [-0.2, -0.15) is 0 Å². The van der Waals surface area contributed by atoms with Crippen molar-refractivity contribution >= 4 is 28.2 Å². The Morgan fingerprint density at radius 3 is 2.67 bits per heavy atom. The summed E-state index contributed by atoms with van der Waals surface area (Å²) in [6.45, 7) is 5.65. The summed E-state index contributed by atoms with van der Waals surface area (Å²) in [4.78, 5) is 34.3. The molecule has 0 bridgehead atoms. The fourth-order valence-electron chi connectivity index (χ4n) is 3.52. The van der Waals surface area contributed by atoms with Crippen molar-refractivity contribution in [1.82, 2.24) is 14.8 Å². The number of hydrogen-bond donors (Lipinski definition) is 1. The summed E-state index contributed by atoms with van der Waals surface area (Å²) in [7, 11) is 0. The van der Waals surface area contributed by atoms with Gasteiger partial charge in [0.2, 0.25) is 5.91 Å². The van der Waals surface area contributed by atoms with Crippen molar-refractivity contribution in [2.75, 3.05) is 44.7 Å². The van der Waals surface area contributed by atoms with Crippen LogP contribution in [0.1, 0.15) is 34.5 Å². The molecular weight excluding hydrogens is 400 g/mol. The Labute approximate surface area is 181 Å². The summed E-state index contributed by atoms with van der Waals surface area (Å²) >= 11 is 1.35. The summed E-state index contributed by atoms with van der Waals surface area (Å²) in [5, 5.41) is 3.68. The van der Waals surface area contributed by atoms with E-state index in [9.17, 15) is 9.59 Å². The molecule has 1 aliphatic carbocycles. The maximum Gasteiger partial charge on any atom is 0.264 e. The fourth-order valence-corrected chi connectivity index (χ4v) is 4.39. The van der Waals surface area contributed by atoms with Crippen LogP contribution in [0.25, 0.3) is 0 Å². The average molecular weight is 429 g/mol. The first kappa shape index (κ1) is 21.0. The zero-order valence-electron chi connectivity index (χ0n) is 17.1. The summed E-state index contributed by atoms with van der Waals surface area (Å²) in [6, 6.07) is 7.53. The van der Waals surface area contributed by atoms with Gasteiger partial charge in [-0.15, -0.1) is 11.3 Å². The number of thiophene rings is 1. The number of rotatable bonds is 9. The Morgan fingerprint density at radius 2 is 1.93 bits per heavy atom. The molecule has 2 aromatic rings. The molecular formula is C22H28N4O3S. The molecule has 8 heteroatoms. The third kappa shape index (κ3) is 5.87. The summed E-state index contributed by atoms with van der Waals surface area (Å²) in [6.07, 6.45) is 6.34. The second-order valence-corrected chi connectivity index (χ2v) is 8.90. The number of morpholine rings is 1. The van der Waals surface area contributed by atoms with Crippen molar-refractivity contribution in [2.45, 2.75) is 25.8 Å². The van der Waals surface area contributed by atoms with Gasteiger partial charge in [-0.3, -0.25) is 19.5 Å². The molecule has 7 nitrogen and oxygen atoms in total. The van der Waals surface area contributed by atoms with Crippen LogP contribution in [0.5, 0.6) is 0 Å². The topological polar surface area (TPSA) is 74.8 Å². The SMILES string of the molecule is O=C(Nc1ccc(C(=O)N(CCCN2CCOCC2)Cc2ccncc2)s1)C1CC1. The molecule has 0 unspecified atom stereocenters. The molecule has 0 atom stereocenters. The Kier molecular flexibility index (Phi) is 7.09. The minimum Gasteiger partial charge on any atom is -0.379 e. The van der Waals surface area contributed by atoms with Gasteiger partial charge in [-0.25, -0.2) is 0 Å². The minimum atomic E-state index is 0.00529. The third-order valence-corrected chi connectivity index (χ3v) is 6.42. The van der Waals surface area contributed by atoms with Crippen molar-refractivity contribution in [2.24, 2.45) is 5.92 Å². The largest absolute Gasteiger partial charge is 0.379 e. The molecule has 30 heavy (non-hydrogen) atoms. The van der Waals surface area contributed by atoms with E-state index in [4.69, 9.17) is 4.74 Å². The second kappa shape index (κ2) is 10.1. The van der Waals surface area contributed by atoms with E-state index in [0.717, 1.165) is 62.7 Å². The molecule has 4 rings (SSSR count). The molecule has 160 valence electrons. The molecule has 1 saturated heterocycles. The van der Waals surface area contributed by atoms with Gasteiger partial charge in [0.1, 0.15) is 0 Å². The zero-order valence-corrected chi connectivity index (χ0v) is 17.9. The number of nitrogens with zero attached hydrogens (tertiary/aromatic N) is 3. The average Bonchev–Trinajstić information content (AvgIpc) is 3.53. The molecule has 2 fully saturated rings. The number of anilines is 1. The second-order valence-electron chi connectivity index (χ2n) is 7.82. The number of pyridine rings is 1. The van der Waals surface area contributed by atoms with Gasteiger partial charge in [0.25, 0.3) is 5.91 Å². The number of carbonyl (C=O) groups is 2. The van der Waals surface area contributed by atoms with E-state index in [0.29, 0.717) is 18.0 Å². The van der Waals surface area contributed by atoms with E-state index < -0.39 is 0 Å². The molecule has 1 saturated carbocycles. The van der Waals surface area contributed by atoms with Gasteiger partial charge >= 0.3 is 0 Å². The lowest BCUT2D eigenvalue weighted by molar-refractivity contribution is -0.117. The van der Waals surface area contributed by atoms with E-state index in [1.165, 1.54) is 11.3 Å². The van der Waals surface area contributed by atoms with Gasteiger partial charge in [-0.05, 0) is 49.1 Å². The number of nitrogens with one attached hydrogen (secondary N) is 1. The molecule has 0 aromatic carbocycles. The van der Waals surface area contributed by atoms with Crippen molar-refractivity contribution < 1.29 is 14.3 Å².